The zero-order valence-electron chi connectivity index (χ0n) is 19.1. The molecule has 1 N–H and O–H groups in total. The van der Waals surface area contributed by atoms with Crippen LogP contribution in [-0.4, -0.2) is 17.4 Å². The predicted octanol–water partition coefficient (Wildman–Crippen LogP) is 6.44. The van der Waals surface area contributed by atoms with Gasteiger partial charge >= 0.3 is 5.97 Å². The molecule has 0 aromatic heterocycles. The molecule has 4 aliphatic carbocycles. The maximum Gasteiger partial charge on any atom is 0.313 e. The van der Waals surface area contributed by atoms with E-state index < -0.39 is 11.9 Å². The van der Waals surface area contributed by atoms with Crippen molar-refractivity contribution in [2.45, 2.75) is 85.0 Å². The maximum absolute atomic E-state index is 11.1. The van der Waals surface area contributed by atoms with Gasteiger partial charge in [0.1, 0.15) is 12.2 Å². The lowest BCUT2D eigenvalue weighted by molar-refractivity contribution is -0.143. The first-order valence-electron chi connectivity index (χ1n) is 12.4. The van der Waals surface area contributed by atoms with Crippen LogP contribution >= 0.6 is 0 Å². The van der Waals surface area contributed by atoms with Crippen molar-refractivity contribution in [1.82, 2.24) is 0 Å². The first-order chi connectivity index (χ1) is 14.3. The van der Waals surface area contributed by atoms with Crippen LogP contribution in [0.3, 0.4) is 0 Å². The molecule has 1 unspecified atom stereocenters. The van der Waals surface area contributed by atoms with Crippen LogP contribution in [0.4, 0.5) is 0 Å². The monoisotopic (exact) mass is 412 g/mol. The van der Waals surface area contributed by atoms with Gasteiger partial charge in [0.2, 0.25) is 0 Å². The van der Waals surface area contributed by atoms with Gasteiger partial charge in [-0.25, -0.2) is 0 Å². The van der Waals surface area contributed by atoms with Crippen molar-refractivity contribution in [3.8, 4) is 0 Å². The highest BCUT2D eigenvalue weighted by atomic mass is 16.4. The normalized spacial score (nSPS) is 41.8. The minimum absolute atomic E-state index is 0.298. The Kier molecular flexibility index (Phi) is 6.03. The zero-order valence-corrected chi connectivity index (χ0v) is 19.1. The van der Waals surface area contributed by atoms with Gasteiger partial charge < -0.3 is 9.90 Å². The van der Waals surface area contributed by atoms with Gasteiger partial charge in [0.25, 0.3) is 0 Å². The molecule has 30 heavy (non-hydrogen) atoms. The molecular formula is C27H40O3. The van der Waals surface area contributed by atoms with Crippen LogP contribution in [0.1, 0.15) is 85.0 Å². The molecule has 0 radical (unpaired) electrons. The molecule has 0 heterocycles. The third kappa shape index (κ3) is 3.50. The number of hydrogen-bond acceptors (Lipinski definition) is 2. The number of rotatable bonds is 7. The molecule has 3 fully saturated rings. The topological polar surface area (TPSA) is 54.4 Å². The molecule has 166 valence electrons. The van der Waals surface area contributed by atoms with E-state index in [-0.39, 0.29) is 0 Å². The number of aliphatic carboxylic acids is 1. The molecule has 0 bridgehead atoms. The van der Waals surface area contributed by atoms with Crippen LogP contribution in [0.2, 0.25) is 0 Å². The molecule has 0 aliphatic heterocycles. The molecule has 8 atom stereocenters. The van der Waals surface area contributed by atoms with E-state index in [0.29, 0.717) is 29.5 Å². The Morgan fingerprint density at radius 3 is 2.73 bits per heavy atom. The van der Waals surface area contributed by atoms with E-state index in [0.717, 1.165) is 42.9 Å². The van der Waals surface area contributed by atoms with Gasteiger partial charge in [0, 0.05) is 5.41 Å². The van der Waals surface area contributed by atoms with Crippen LogP contribution in [0.25, 0.3) is 0 Å². The molecular weight excluding hydrogens is 372 g/mol. The molecule has 0 aromatic carbocycles. The molecule has 0 saturated heterocycles. The summed E-state index contributed by atoms with van der Waals surface area (Å²) >= 11 is 0. The van der Waals surface area contributed by atoms with Gasteiger partial charge in [-0.1, -0.05) is 57.4 Å². The summed E-state index contributed by atoms with van der Waals surface area (Å²) in [6.07, 6.45) is 19.6. The fraction of sp³-hybridized carbons (Fsp3) is 0.778. The zero-order chi connectivity index (χ0) is 21.5. The smallest absolute Gasteiger partial charge is 0.313 e. The molecule has 3 saturated carbocycles. The Balaban J connectivity index is 1.43. The highest BCUT2D eigenvalue weighted by Crippen LogP contribution is 2.67. The summed E-state index contributed by atoms with van der Waals surface area (Å²) in [5.74, 6) is 2.08. The number of carbonyl (C=O) groups excluding carboxylic acids is 1. The van der Waals surface area contributed by atoms with Crippen LogP contribution < -0.4 is 0 Å². The van der Waals surface area contributed by atoms with Crippen molar-refractivity contribution in [3.63, 3.8) is 0 Å². The van der Waals surface area contributed by atoms with E-state index in [2.05, 4.69) is 39.0 Å². The number of hydrogen-bond donors (Lipinski definition) is 1. The third-order valence-corrected chi connectivity index (χ3v) is 10.0. The van der Waals surface area contributed by atoms with E-state index in [1.54, 1.807) is 5.57 Å². The second-order valence-corrected chi connectivity index (χ2v) is 11.3. The van der Waals surface area contributed by atoms with Crippen molar-refractivity contribution in [2.24, 2.45) is 46.3 Å². The number of carboxylic acid groups (broad SMARTS) is 1. The first-order valence-corrected chi connectivity index (χ1v) is 12.4. The standard InChI is InChI=1S/C27H40O3/c1-18(7-6-8-19(17-28)25(29)30)22-12-13-23-21-11-10-20-9-4-5-15-26(20,2)24(21)14-16-27(22,23)3/h5,9,15,17-19,21-24H,4,6-8,10-14,16H2,1-3H3,(H,29,30)/t18-,19?,21+,22-,23+,24+,26+,27-/m1/s1. The van der Waals surface area contributed by atoms with Crippen molar-refractivity contribution < 1.29 is 14.7 Å². The van der Waals surface area contributed by atoms with Crippen LogP contribution in [-0.2, 0) is 9.59 Å². The predicted molar refractivity (Wildman–Crippen MR) is 120 cm³/mol. The second kappa shape index (κ2) is 8.28. The van der Waals surface area contributed by atoms with E-state index >= 15 is 0 Å². The van der Waals surface area contributed by atoms with E-state index in [4.69, 9.17) is 5.11 Å². The maximum atomic E-state index is 11.1. The highest BCUT2D eigenvalue weighted by molar-refractivity contribution is 5.86. The largest absolute Gasteiger partial charge is 0.481 e. The minimum atomic E-state index is -0.972. The summed E-state index contributed by atoms with van der Waals surface area (Å²) in [7, 11) is 0. The van der Waals surface area contributed by atoms with Gasteiger partial charge in [-0.3, -0.25) is 4.79 Å². The quantitative estimate of drug-likeness (QED) is 0.297. The lowest BCUT2D eigenvalue weighted by atomic mass is 9.47. The number of fused-ring (bicyclic) bond motifs is 5. The molecule has 4 rings (SSSR count). The molecule has 3 nitrogen and oxygen atoms in total. The summed E-state index contributed by atoms with van der Waals surface area (Å²) < 4.78 is 0. The van der Waals surface area contributed by atoms with Crippen molar-refractivity contribution in [2.75, 3.05) is 0 Å². The number of carboxylic acids is 1. The average Bonchev–Trinajstić information content (AvgIpc) is 3.07. The molecule has 0 aromatic rings. The molecule has 4 aliphatic rings. The summed E-state index contributed by atoms with van der Waals surface area (Å²) in [5, 5.41) is 9.12. The Morgan fingerprint density at radius 2 is 2.00 bits per heavy atom. The number of aldehydes is 1. The second-order valence-electron chi connectivity index (χ2n) is 11.3. The van der Waals surface area contributed by atoms with Gasteiger partial charge in [0.05, 0.1) is 0 Å². The van der Waals surface area contributed by atoms with Gasteiger partial charge in [-0.05, 0) is 86.4 Å². The molecule has 3 heteroatoms. The lowest BCUT2D eigenvalue weighted by Crippen LogP contribution is -2.49. The summed E-state index contributed by atoms with van der Waals surface area (Å²) in [4.78, 5) is 22.1. The van der Waals surface area contributed by atoms with Gasteiger partial charge in [0.15, 0.2) is 0 Å². The van der Waals surface area contributed by atoms with E-state index in [1.165, 1.54) is 38.5 Å². The fourth-order valence-corrected chi connectivity index (χ4v) is 8.43. The SMILES string of the molecule is C[C@H](CCCC(C=O)C(=O)O)[C@H]1CC[C@H]2[C@@H]3CCC4=CCC=C[C@]4(C)[C@H]3CC[C@]12C. The van der Waals surface area contributed by atoms with Crippen molar-refractivity contribution in [3.05, 3.63) is 23.8 Å². The lowest BCUT2D eigenvalue weighted by Gasteiger charge is -2.57. The Labute approximate surface area is 182 Å². The molecule has 0 spiro atoms. The summed E-state index contributed by atoms with van der Waals surface area (Å²) in [6.45, 7) is 7.47. The number of carbonyl (C=O) groups is 2. The van der Waals surface area contributed by atoms with Crippen LogP contribution in [0.5, 0.6) is 0 Å². The fourth-order valence-electron chi connectivity index (χ4n) is 8.43. The van der Waals surface area contributed by atoms with Crippen molar-refractivity contribution >= 4 is 12.3 Å². The Bertz CT molecular complexity index is 736. The first kappa shape index (κ1) is 21.8. The Morgan fingerprint density at radius 1 is 1.20 bits per heavy atom. The highest BCUT2D eigenvalue weighted by Gasteiger charge is 2.58. The van der Waals surface area contributed by atoms with E-state index in [9.17, 15) is 9.59 Å². The minimum Gasteiger partial charge on any atom is -0.481 e. The van der Waals surface area contributed by atoms with Crippen LogP contribution in [0, 0.1) is 46.3 Å². The number of allylic oxidation sites excluding steroid dienone is 4. The van der Waals surface area contributed by atoms with Crippen LogP contribution in [0.15, 0.2) is 23.8 Å². The summed E-state index contributed by atoms with van der Waals surface area (Å²) in [5.41, 5.74) is 2.45. The van der Waals surface area contributed by atoms with Gasteiger partial charge in [-0.15, -0.1) is 0 Å². The average molecular weight is 413 g/mol. The Hall–Kier alpha value is -1.38. The summed E-state index contributed by atoms with van der Waals surface area (Å²) in [6, 6.07) is 0. The van der Waals surface area contributed by atoms with Crippen molar-refractivity contribution in [1.29, 1.82) is 0 Å². The molecule has 0 amide bonds. The van der Waals surface area contributed by atoms with Gasteiger partial charge in [-0.2, -0.15) is 0 Å². The third-order valence-electron chi connectivity index (χ3n) is 10.0. The van der Waals surface area contributed by atoms with E-state index in [1.807, 2.05) is 0 Å².